The van der Waals surface area contributed by atoms with Crippen molar-refractivity contribution in [2.75, 3.05) is 31.2 Å². The first-order valence-corrected chi connectivity index (χ1v) is 9.09. The molecular formula is C16H16N6OS2. The number of hydrogen-bond acceptors (Lipinski definition) is 7. The van der Waals surface area contributed by atoms with Crippen molar-refractivity contribution in [2.45, 2.75) is 0 Å². The fourth-order valence-electron chi connectivity index (χ4n) is 2.54. The van der Waals surface area contributed by atoms with Crippen molar-refractivity contribution < 1.29 is 4.74 Å². The predicted octanol–water partition coefficient (Wildman–Crippen LogP) is 2.78. The largest absolute Gasteiger partial charge is 0.378 e. The monoisotopic (exact) mass is 372 g/mol. The zero-order valence-electron chi connectivity index (χ0n) is 13.3. The van der Waals surface area contributed by atoms with Crippen LogP contribution in [0.3, 0.4) is 0 Å². The summed E-state index contributed by atoms with van der Waals surface area (Å²) in [5.41, 5.74) is 1.99. The van der Waals surface area contributed by atoms with Crippen LogP contribution >= 0.6 is 23.6 Å². The number of nitrogens with one attached hydrogen (secondary N) is 1. The number of nitrogens with zero attached hydrogens (tertiary/aromatic N) is 5. The van der Waals surface area contributed by atoms with Gasteiger partial charge in [0.1, 0.15) is 6.33 Å². The molecule has 3 aromatic rings. The van der Waals surface area contributed by atoms with E-state index >= 15 is 0 Å². The second-order valence-corrected chi connectivity index (χ2v) is 6.82. The van der Waals surface area contributed by atoms with E-state index in [4.69, 9.17) is 21.9 Å². The van der Waals surface area contributed by atoms with Crippen LogP contribution in [-0.2, 0) is 4.74 Å². The summed E-state index contributed by atoms with van der Waals surface area (Å²) < 4.78 is 7.42. The first-order valence-electron chi connectivity index (χ1n) is 7.86. The molecule has 4 rings (SSSR count). The van der Waals surface area contributed by atoms with E-state index in [1.54, 1.807) is 23.9 Å². The van der Waals surface area contributed by atoms with E-state index < -0.39 is 0 Å². The van der Waals surface area contributed by atoms with Crippen LogP contribution in [0.4, 0.5) is 5.13 Å². The Morgan fingerprint density at radius 2 is 2.04 bits per heavy atom. The summed E-state index contributed by atoms with van der Waals surface area (Å²) in [5, 5.41) is 12.0. The van der Waals surface area contributed by atoms with E-state index in [-0.39, 0.29) is 0 Å². The number of morpholine rings is 1. The normalized spacial score (nSPS) is 15.1. The Balaban J connectivity index is 1.72. The Bertz CT molecular complexity index is 924. The number of anilines is 1. The van der Waals surface area contributed by atoms with Crippen molar-refractivity contribution in [2.24, 2.45) is 5.10 Å². The number of aromatic nitrogens is 4. The van der Waals surface area contributed by atoms with Crippen LogP contribution < -0.4 is 4.90 Å². The van der Waals surface area contributed by atoms with Gasteiger partial charge in [0.2, 0.25) is 4.77 Å². The standard InChI is InChI=1S/C16H16N6OS2/c24-15-20-17-11-22(15)18-10-13-14(12-4-2-1-3-5-12)19-16(25-13)21-6-8-23-9-7-21/h1-5,10-11H,6-9H2,(H,20,24)/b18-10-. The molecule has 0 atom stereocenters. The van der Waals surface area contributed by atoms with E-state index in [2.05, 4.69) is 32.3 Å². The molecule has 0 bridgehead atoms. The van der Waals surface area contributed by atoms with Gasteiger partial charge in [0.15, 0.2) is 5.13 Å². The lowest BCUT2D eigenvalue weighted by atomic mass is 10.1. The average molecular weight is 372 g/mol. The molecule has 2 aromatic heterocycles. The molecule has 0 unspecified atom stereocenters. The minimum absolute atomic E-state index is 0.454. The SMILES string of the molecule is S=c1[nH]ncn1/N=C\c1sc(N2CCOCC2)nc1-c1ccccc1. The number of thiazole rings is 1. The first-order chi connectivity index (χ1) is 12.3. The van der Waals surface area contributed by atoms with Crippen molar-refractivity contribution in [1.29, 1.82) is 0 Å². The number of benzene rings is 1. The Morgan fingerprint density at radius 3 is 2.76 bits per heavy atom. The molecule has 1 aromatic carbocycles. The Kier molecular flexibility index (Phi) is 4.68. The lowest BCUT2D eigenvalue weighted by Crippen LogP contribution is -2.36. The highest BCUT2D eigenvalue weighted by molar-refractivity contribution is 7.71. The van der Waals surface area contributed by atoms with E-state index in [0.29, 0.717) is 4.77 Å². The Hall–Kier alpha value is -2.36. The average Bonchev–Trinajstić information content (AvgIpc) is 3.27. The van der Waals surface area contributed by atoms with Gasteiger partial charge in [-0.05, 0) is 12.2 Å². The zero-order valence-corrected chi connectivity index (χ0v) is 15.0. The van der Waals surface area contributed by atoms with Crippen molar-refractivity contribution in [3.8, 4) is 11.3 Å². The van der Waals surface area contributed by atoms with Gasteiger partial charge in [-0.25, -0.2) is 4.98 Å². The van der Waals surface area contributed by atoms with Gasteiger partial charge in [0.05, 0.1) is 30.0 Å². The summed E-state index contributed by atoms with van der Waals surface area (Å²) in [6, 6.07) is 10.1. The molecule has 0 spiro atoms. The molecular weight excluding hydrogens is 356 g/mol. The molecule has 1 fully saturated rings. The molecule has 1 aliphatic heterocycles. The van der Waals surface area contributed by atoms with Crippen LogP contribution in [0.1, 0.15) is 4.88 Å². The van der Waals surface area contributed by atoms with Crippen LogP contribution in [-0.4, -0.2) is 52.4 Å². The highest BCUT2D eigenvalue weighted by Gasteiger charge is 2.18. The van der Waals surface area contributed by atoms with Gasteiger partial charge in [0.25, 0.3) is 0 Å². The lowest BCUT2D eigenvalue weighted by molar-refractivity contribution is 0.122. The summed E-state index contributed by atoms with van der Waals surface area (Å²) in [6.45, 7) is 3.16. The van der Waals surface area contributed by atoms with Crippen molar-refractivity contribution in [1.82, 2.24) is 19.9 Å². The first kappa shape index (κ1) is 16.1. The molecule has 25 heavy (non-hydrogen) atoms. The minimum atomic E-state index is 0.454. The second kappa shape index (κ2) is 7.26. The number of H-pyrrole nitrogens is 1. The van der Waals surface area contributed by atoms with Gasteiger partial charge in [-0.15, -0.1) is 0 Å². The minimum Gasteiger partial charge on any atom is -0.378 e. The van der Waals surface area contributed by atoms with E-state index in [9.17, 15) is 0 Å². The van der Waals surface area contributed by atoms with Gasteiger partial charge in [-0.2, -0.15) is 14.9 Å². The van der Waals surface area contributed by atoms with Crippen LogP contribution in [0, 0.1) is 4.77 Å². The van der Waals surface area contributed by atoms with Crippen molar-refractivity contribution in [3.63, 3.8) is 0 Å². The van der Waals surface area contributed by atoms with Crippen molar-refractivity contribution in [3.05, 3.63) is 46.3 Å². The van der Waals surface area contributed by atoms with Crippen LogP contribution in [0.5, 0.6) is 0 Å². The molecule has 3 heterocycles. The number of rotatable bonds is 4. The third-order valence-corrected chi connectivity index (χ3v) is 5.13. The molecule has 1 N–H and O–H groups in total. The lowest BCUT2D eigenvalue weighted by Gasteiger charge is -2.26. The molecule has 0 aliphatic carbocycles. The summed E-state index contributed by atoms with van der Waals surface area (Å²) >= 11 is 6.75. The third kappa shape index (κ3) is 3.53. The van der Waals surface area contributed by atoms with E-state index in [1.807, 2.05) is 18.2 Å². The fraction of sp³-hybridized carbons (Fsp3) is 0.250. The summed E-state index contributed by atoms with van der Waals surface area (Å²) in [7, 11) is 0. The van der Waals surface area contributed by atoms with E-state index in [1.165, 1.54) is 4.68 Å². The van der Waals surface area contributed by atoms with Gasteiger partial charge < -0.3 is 9.64 Å². The highest BCUT2D eigenvalue weighted by atomic mass is 32.1. The number of ether oxygens (including phenoxy) is 1. The maximum absolute atomic E-state index is 5.44. The maximum Gasteiger partial charge on any atom is 0.216 e. The number of aromatic amines is 1. The zero-order chi connectivity index (χ0) is 17.1. The molecule has 128 valence electrons. The van der Waals surface area contributed by atoms with E-state index in [0.717, 1.165) is 47.6 Å². The van der Waals surface area contributed by atoms with Crippen LogP contribution in [0.25, 0.3) is 11.3 Å². The van der Waals surface area contributed by atoms with Gasteiger partial charge in [-0.1, -0.05) is 41.7 Å². The second-order valence-electron chi connectivity index (χ2n) is 5.43. The fourth-order valence-corrected chi connectivity index (χ4v) is 3.69. The van der Waals surface area contributed by atoms with Crippen molar-refractivity contribution >= 4 is 34.9 Å². The highest BCUT2D eigenvalue weighted by Crippen LogP contribution is 2.32. The predicted molar refractivity (Wildman–Crippen MR) is 101 cm³/mol. The molecule has 0 radical (unpaired) electrons. The summed E-state index contributed by atoms with van der Waals surface area (Å²) in [4.78, 5) is 8.10. The van der Waals surface area contributed by atoms with Gasteiger partial charge in [0, 0.05) is 18.7 Å². The smallest absolute Gasteiger partial charge is 0.216 e. The summed E-state index contributed by atoms with van der Waals surface area (Å²) in [5.74, 6) is 0. The Labute approximate surface area is 153 Å². The quantitative estimate of drug-likeness (QED) is 0.563. The molecule has 0 amide bonds. The summed E-state index contributed by atoms with van der Waals surface area (Å²) in [6.07, 6.45) is 3.33. The molecule has 7 nitrogen and oxygen atoms in total. The Morgan fingerprint density at radius 1 is 1.24 bits per heavy atom. The van der Waals surface area contributed by atoms with Crippen LogP contribution in [0.2, 0.25) is 0 Å². The maximum atomic E-state index is 5.44. The topological polar surface area (TPSA) is 71.3 Å². The molecule has 1 saturated heterocycles. The van der Waals surface area contributed by atoms with Gasteiger partial charge in [-0.3, -0.25) is 5.10 Å². The van der Waals surface area contributed by atoms with Crippen LogP contribution in [0.15, 0.2) is 41.8 Å². The third-order valence-electron chi connectivity index (χ3n) is 3.81. The molecule has 0 saturated carbocycles. The number of hydrogen-bond donors (Lipinski definition) is 1. The molecule has 1 aliphatic rings. The molecule has 9 heteroatoms. The van der Waals surface area contributed by atoms with Gasteiger partial charge >= 0.3 is 0 Å².